The van der Waals surface area contributed by atoms with E-state index in [1.165, 1.54) is 19.3 Å². The average molecular weight is 384 g/mol. The molecule has 0 unspecified atom stereocenters. The molecule has 5 rings (SSSR count). The molecule has 0 aliphatic heterocycles. The highest BCUT2D eigenvalue weighted by Crippen LogP contribution is 2.39. The van der Waals surface area contributed by atoms with Crippen LogP contribution in [0.3, 0.4) is 0 Å². The van der Waals surface area contributed by atoms with Gasteiger partial charge in [0, 0.05) is 23.9 Å². The second kappa shape index (κ2) is 7.24. The molecule has 0 atom stereocenters. The van der Waals surface area contributed by atoms with E-state index in [4.69, 9.17) is 15.5 Å². The normalized spacial score (nSPS) is 14.1. The van der Waals surface area contributed by atoms with Crippen LogP contribution in [0.25, 0.3) is 16.8 Å². The molecule has 29 heavy (non-hydrogen) atoms. The third-order valence-corrected chi connectivity index (χ3v) is 5.78. The second-order valence-electron chi connectivity index (χ2n) is 7.73. The Morgan fingerprint density at radius 1 is 1.14 bits per heavy atom. The van der Waals surface area contributed by atoms with Gasteiger partial charge in [0.2, 0.25) is 0 Å². The number of hydrogen-bond acceptors (Lipinski definition) is 4. The van der Waals surface area contributed by atoms with Gasteiger partial charge < -0.3 is 10.5 Å². The minimum atomic E-state index is 0.497. The van der Waals surface area contributed by atoms with Crippen LogP contribution in [0, 0.1) is 6.92 Å². The number of rotatable bonds is 5. The topological polar surface area (TPSA) is 65.4 Å². The van der Waals surface area contributed by atoms with Crippen LogP contribution in [0.2, 0.25) is 0 Å². The number of hydrogen-bond donors (Lipinski definition) is 1. The van der Waals surface area contributed by atoms with Crippen molar-refractivity contribution in [2.75, 3.05) is 5.73 Å². The van der Waals surface area contributed by atoms with Crippen LogP contribution in [-0.2, 0) is 6.61 Å². The molecule has 1 saturated carbocycles. The summed E-state index contributed by atoms with van der Waals surface area (Å²) in [6.45, 7) is 2.59. The Morgan fingerprint density at radius 3 is 2.72 bits per heavy atom. The Bertz CT molecular complexity index is 1160. The Kier molecular flexibility index (Phi) is 4.43. The number of imidazole rings is 1. The molecule has 5 heteroatoms. The SMILES string of the molecule is Cc1ccc(-c2nc(C3CCC3)n3ccnc(N)c23)cc1OCc1ccccc1. The molecular formula is C24H24N4O. The van der Waals surface area contributed by atoms with Crippen molar-refractivity contribution in [2.24, 2.45) is 0 Å². The molecular weight excluding hydrogens is 360 g/mol. The van der Waals surface area contributed by atoms with E-state index < -0.39 is 0 Å². The van der Waals surface area contributed by atoms with Crippen molar-refractivity contribution in [2.45, 2.75) is 38.7 Å². The first-order valence-corrected chi connectivity index (χ1v) is 10.1. The number of nitrogen functional groups attached to an aromatic ring is 1. The lowest BCUT2D eigenvalue weighted by molar-refractivity contribution is 0.304. The van der Waals surface area contributed by atoms with Gasteiger partial charge in [-0.2, -0.15) is 0 Å². The predicted octanol–water partition coefficient (Wildman–Crippen LogP) is 5.13. The van der Waals surface area contributed by atoms with Crippen molar-refractivity contribution in [3.05, 3.63) is 77.9 Å². The molecule has 2 N–H and O–H groups in total. The summed E-state index contributed by atoms with van der Waals surface area (Å²) in [7, 11) is 0. The maximum Gasteiger partial charge on any atom is 0.150 e. The van der Waals surface area contributed by atoms with Gasteiger partial charge in [-0.3, -0.25) is 4.40 Å². The van der Waals surface area contributed by atoms with E-state index in [1.54, 1.807) is 6.20 Å². The zero-order chi connectivity index (χ0) is 19.8. The Balaban J connectivity index is 1.55. The number of anilines is 1. The molecule has 5 nitrogen and oxygen atoms in total. The lowest BCUT2D eigenvalue weighted by Crippen LogP contribution is -2.12. The molecule has 1 fully saturated rings. The number of nitrogens with zero attached hydrogens (tertiary/aromatic N) is 3. The fraction of sp³-hybridized carbons (Fsp3) is 0.250. The summed E-state index contributed by atoms with van der Waals surface area (Å²) in [5.41, 5.74) is 11.3. The molecule has 2 heterocycles. The van der Waals surface area contributed by atoms with Crippen molar-refractivity contribution in [3.8, 4) is 17.0 Å². The first-order valence-electron chi connectivity index (χ1n) is 10.1. The third kappa shape index (κ3) is 3.23. The lowest BCUT2D eigenvalue weighted by atomic mass is 9.85. The van der Waals surface area contributed by atoms with E-state index in [9.17, 15) is 0 Å². The van der Waals surface area contributed by atoms with Crippen LogP contribution in [0.4, 0.5) is 5.82 Å². The summed E-state index contributed by atoms with van der Waals surface area (Å²) < 4.78 is 8.25. The monoisotopic (exact) mass is 384 g/mol. The quantitative estimate of drug-likeness (QED) is 0.518. The fourth-order valence-electron chi connectivity index (χ4n) is 3.88. The highest BCUT2D eigenvalue weighted by Gasteiger charge is 2.27. The standard InChI is InChI=1S/C24H24N4O/c1-16-10-11-19(14-20(16)29-15-17-6-3-2-4-7-17)21-22-23(25)26-12-13-28(22)24(27-21)18-8-5-9-18/h2-4,6-7,10-14,18H,5,8-9,15H2,1H3,(H2,25,26). The summed E-state index contributed by atoms with van der Waals surface area (Å²) in [6.07, 6.45) is 7.34. The highest BCUT2D eigenvalue weighted by atomic mass is 16.5. The lowest BCUT2D eigenvalue weighted by Gasteiger charge is -2.23. The minimum Gasteiger partial charge on any atom is -0.489 e. The van der Waals surface area contributed by atoms with Gasteiger partial charge >= 0.3 is 0 Å². The first kappa shape index (κ1) is 17.7. The van der Waals surface area contributed by atoms with E-state index in [1.807, 2.05) is 24.4 Å². The minimum absolute atomic E-state index is 0.497. The molecule has 0 bridgehead atoms. The highest BCUT2D eigenvalue weighted by molar-refractivity contribution is 5.86. The summed E-state index contributed by atoms with van der Waals surface area (Å²) >= 11 is 0. The van der Waals surface area contributed by atoms with Gasteiger partial charge in [-0.1, -0.05) is 48.9 Å². The van der Waals surface area contributed by atoms with Crippen LogP contribution in [-0.4, -0.2) is 14.4 Å². The maximum atomic E-state index is 6.27. The van der Waals surface area contributed by atoms with Gasteiger partial charge in [-0.15, -0.1) is 0 Å². The number of aromatic nitrogens is 3. The second-order valence-corrected chi connectivity index (χ2v) is 7.73. The molecule has 0 spiro atoms. The number of aryl methyl sites for hydroxylation is 1. The van der Waals surface area contributed by atoms with Crippen molar-refractivity contribution >= 4 is 11.3 Å². The molecule has 0 amide bonds. The van der Waals surface area contributed by atoms with Gasteiger partial charge in [-0.25, -0.2) is 9.97 Å². The van der Waals surface area contributed by atoms with Crippen LogP contribution < -0.4 is 10.5 Å². The van der Waals surface area contributed by atoms with E-state index in [0.29, 0.717) is 18.3 Å². The third-order valence-electron chi connectivity index (χ3n) is 5.78. The van der Waals surface area contributed by atoms with Crippen molar-refractivity contribution < 1.29 is 4.74 Å². The van der Waals surface area contributed by atoms with Crippen molar-refractivity contribution in [1.82, 2.24) is 14.4 Å². The van der Waals surface area contributed by atoms with E-state index in [-0.39, 0.29) is 0 Å². The summed E-state index contributed by atoms with van der Waals surface area (Å²) in [4.78, 5) is 9.33. The molecule has 0 radical (unpaired) electrons. The summed E-state index contributed by atoms with van der Waals surface area (Å²) in [5, 5.41) is 0. The number of nitrogens with two attached hydrogens (primary N) is 1. The van der Waals surface area contributed by atoms with Crippen LogP contribution in [0.1, 0.15) is 42.1 Å². The maximum absolute atomic E-state index is 6.27. The van der Waals surface area contributed by atoms with Crippen molar-refractivity contribution in [3.63, 3.8) is 0 Å². The molecule has 146 valence electrons. The van der Waals surface area contributed by atoms with E-state index in [0.717, 1.165) is 39.5 Å². The van der Waals surface area contributed by atoms with E-state index in [2.05, 4.69) is 46.6 Å². The van der Waals surface area contributed by atoms with Crippen LogP contribution in [0.15, 0.2) is 60.9 Å². The van der Waals surface area contributed by atoms with Crippen LogP contribution in [0.5, 0.6) is 5.75 Å². The van der Waals surface area contributed by atoms with Crippen molar-refractivity contribution in [1.29, 1.82) is 0 Å². The molecule has 0 saturated heterocycles. The number of benzene rings is 2. The number of ether oxygens (including phenoxy) is 1. The average Bonchev–Trinajstić information content (AvgIpc) is 3.07. The Labute approximate surface area is 170 Å². The Morgan fingerprint density at radius 2 is 1.97 bits per heavy atom. The molecule has 1 aliphatic rings. The predicted molar refractivity (Wildman–Crippen MR) is 115 cm³/mol. The van der Waals surface area contributed by atoms with Gasteiger partial charge in [0.15, 0.2) is 0 Å². The van der Waals surface area contributed by atoms with Gasteiger partial charge in [0.25, 0.3) is 0 Å². The number of fused-ring (bicyclic) bond motifs is 1. The largest absolute Gasteiger partial charge is 0.489 e. The zero-order valence-corrected chi connectivity index (χ0v) is 16.5. The fourth-order valence-corrected chi connectivity index (χ4v) is 3.88. The molecule has 1 aliphatic carbocycles. The molecule has 2 aromatic heterocycles. The molecule has 2 aromatic carbocycles. The Hall–Kier alpha value is -3.34. The summed E-state index contributed by atoms with van der Waals surface area (Å²) in [5.74, 6) is 2.95. The van der Waals surface area contributed by atoms with Gasteiger partial charge in [0.05, 0.1) is 0 Å². The van der Waals surface area contributed by atoms with Gasteiger partial charge in [0.1, 0.15) is 35.2 Å². The smallest absolute Gasteiger partial charge is 0.150 e. The van der Waals surface area contributed by atoms with Gasteiger partial charge in [-0.05, 0) is 37.0 Å². The molecule has 4 aromatic rings. The summed E-state index contributed by atoms with van der Waals surface area (Å²) in [6, 6.07) is 16.4. The van der Waals surface area contributed by atoms with Crippen LogP contribution >= 0.6 is 0 Å². The van der Waals surface area contributed by atoms with E-state index >= 15 is 0 Å². The first-order chi connectivity index (χ1) is 14.2. The zero-order valence-electron chi connectivity index (χ0n) is 16.5.